The zero-order valence-corrected chi connectivity index (χ0v) is 42.2. The van der Waals surface area contributed by atoms with Crippen LogP contribution in [0.5, 0.6) is 0 Å². The van der Waals surface area contributed by atoms with Gasteiger partial charge in [-0.05, 0) is 150 Å². The predicted octanol–water partition coefficient (Wildman–Crippen LogP) is 16.1. The van der Waals surface area contributed by atoms with Crippen molar-refractivity contribution >= 4 is 0 Å². The molecule has 0 bridgehead atoms. The van der Waals surface area contributed by atoms with Crippen LogP contribution in [0, 0.1) is 12.1 Å². The van der Waals surface area contributed by atoms with E-state index in [-0.39, 0.29) is 36.4 Å². The summed E-state index contributed by atoms with van der Waals surface area (Å²) in [7, 11) is 0. The van der Waals surface area contributed by atoms with Crippen molar-refractivity contribution in [2.24, 2.45) is 0 Å². The van der Waals surface area contributed by atoms with Crippen LogP contribution in [0.1, 0.15) is 72.2 Å². The van der Waals surface area contributed by atoms with E-state index in [1.54, 1.807) is 6.20 Å². The Morgan fingerprint density at radius 2 is 0.800 bits per heavy atom. The second-order valence-electron chi connectivity index (χ2n) is 20.4. The van der Waals surface area contributed by atoms with Gasteiger partial charge in [0, 0.05) is 48.7 Å². The third kappa shape index (κ3) is 6.85. The SMILES string of the molecule is CC1(C)c2ccccc2-c2ccc(-c3ccc4c(c3)C3(Cc5c[c-]c(-c6ccccn6)cc5C3)c3cc(-c5ccc6c(c5)C(C)(C)c5ccccc5-6)ccc3-4)cc21.[Ir].[c-]1ccccc1-c1ccccn1. The molecule has 0 saturated heterocycles. The maximum Gasteiger partial charge on any atom is 0.0201 e. The van der Waals surface area contributed by atoms with Crippen molar-refractivity contribution in [2.75, 3.05) is 0 Å². The Balaban J connectivity index is 0.000000340. The van der Waals surface area contributed by atoms with E-state index in [1.807, 2.05) is 54.7 Å². The second kappa shape index (κ2) is 16.7. The molecule has 1 spiro atoms. The van der Waals surface area contributed by atoms with Crippen LogP contribution >= 0.6 is 0 Å². The molecule has 4 aliphatic rings. The zero-order chi connectivity index (χ0) is 46.5. The van der Waals surface area contributed by atoms with Crippen LogP contribution < -0.4 is 0 Å². The van der Waals surface area contributed by atoms with Gasteiger partial charge in [-0.15, -0.1) is 70.8 Å². The Bertz CT molecular complexity index is 3470. The number of benzene rings is 8. The Morgan fingerprint density at radius 3 is 1.29 bits per heavy atom. The first-order valence-electron chi connectivity index (χ1n) is 24.3. The average Bonchev–Trinajstić information content (AvgIpc) is 4.07. The molecule has 339 valence electrons. The number of hydrogen-bond donors (Lipinski definition) is 0. The maximum atomic E-state index is 4.69. The summed E-state index contributed by atoms with van der Waals surface area (Å²) >= 11 is 0. The minimum atomic E-state index is -0.186. The first-order valence-corrected chi connectivity index (χ1v) is 24.3. The normalized spacial score (nSPS) is 15.0. The van der Waals surface area contributed by atoms with Gasteiger partial charge in [-0.2, -0.15) is 0 Å². The van der Waals surface area contributed by atoms with Crippen molar-refractivity contribution in [3.05, 3.63) is 263 Å². The summed E-state index contributed by atoms with van der Waals surface area (Å²) < 4.78 is 0. The van der Waals surface area contributed by atoms with Gasteiger partial charge in [0.25, 0.3) is 0 Å². The molecule has 1 radical (unpaired) electrons. The Hall–Kier alpha value is -7.29. The van der Waals surface area contributed by atoms with Gasteiger partial charge in [0.05, 0.1) is 0 Å². The van der Waals surface area contributed by atoms with E-state index in [2.05, 4.69) is 190 Å². The van der Waals surface area contributed by atoms with Gasteiger partial charge in [-0.1, -0.05) is 149 Å². The van der Waals surface area contributed by atoms with E-state index in [1.165, 1.54) is 100 Å². The predicted molar refractivity (Wildman–Crippen MR) is 283 cm³/mol. The molecule has 14 rings (SSSR count). The molecule has 2 nitrogen and oxygen atoms in total. The molecule has 3 heteroatoms. The van der Waals surface area contributed by atoms with E-state index >= 15 is 0 Å². The fraction of sp³-hybridized carbons (Fsp3) is 0.134. The van der Waals surface area contributed by atoms with Crippen LogP contribution in [-0.2, 0) is 49.2 Å². The van der Waals surface area contributed by atoms with Gasteiger partial charge in [0.1, 0.15) is 0 Å². The summed E-state index contributed by atoms with van der Waals surface area (Å²) in [4.78, 5) is 8.91. The van der Waals surface area contributed by atoms with Crippen LogP contribution in [0.25, 0.3) is 78.1 Å². The fourth-order valence-electron chi connectivity index (χ4n) is 12.4. The second-order valence-corrected chi connectivity index (χ2v) is 20.4. The van der Waals surface area contributed by atoms with E-state index in [0.717, 1.165) is 35.4 Å². The number of aromatic nitrogens is 2. The third-order valence-electron chi connectivity index (χ3n) is 15.9. The number of rotatable bonds is 4. The molecule has 0 unspecified atom stereocenters. The molecule has 2 aromatic heterocycles. The zero-order valence-electron chi connectivity index (χ0n) is 39.8. The van der Waals surface area contributed by atoms with Crippen LogP contribution in [-0.4, -0.2) is 9.97 Å². The summed E-state index contributed by atoms with van der Waals surface area (Å²) in [5.41, 5.74) is 28.4. The van der Waals surface area contributed by atoms with Crippen molar-refractivity contribution in [3.8, 4) is 78.1 Å². The van der Waals surface area contributed by atoms with E-state index in [4.69, 9.17) is 4.98 Å². The van der Waals surface area contributed by atoms with Crippen molar-refractivity contribution in [1.82, 2.24) is 9.97 Å². The standard InChI is InChI=1S/C56H42N.C11H8N.Ir/c1-54(2)47-13-7-5-11-41(47)43-22-18-34(28-49(43)54)36-20-24-45-46-25-21-37(35-19-23-44-42-12-6-8-14-48(42)55(3,4)50(44)29-35)31-52(46)56(51(45)30-36)32-39-17-16-38(27-40(39)33-56)53-15-9-10-26-57-53;1-2-6-10(7-3-1)11-8-4-5-9-12-11;/h5-15,17-31H,32-33H2,1-4H3;1-6,8-9H;/q2*-1;. The molecular formula is C67H50IrN2-2. The number of fused-ring (bicyclic) bond motifs is 12. The molecule has 4 aliphatic carbocycles. The molecule has 0 fully saturated rings. The molecule has 0 N–H and O–H groups in total. The quantitative estimate of drug-likeness (QED) is 0.164. The van der Waals surface area contributed by atoms with Gasteiger partial charge in [0.2, 0.25) is 0 Å². The first-order chi connectivity index (χ1) is 33.7. The minimum Gasteiger partial charge on any atom is -0.305 e. The Labute approximate surface area is 425 Å². The molecule has 70 heavy (non-hydrogen) atoms. The van der Waals surface area contributed by atoms with Gasteiger partial charge in [-0.25, -0.2) is 0 Å². The van der Waals surface area contributed by atoms with Gasteiger partial charge in [-0.3, -0.25) is 0 Å². The van der Waals surface area contributed by atoms with E-state index in [0.29, 0.717) is 0 Å². The molecule has 8 aromatic carbocycles. The van der Waals surface area contributed by atoms with Crippen LogP contribution in [0.2, 0.25) is 0 Å². The third-order valence-corrected chi connectivity index (χ3v) is 15.9. The summed E-state index contributed by atoms with van der Waals surface area (Å²) in [6, 6.07) is 78.0. The Morgan fingerprint density at radius 1 is 0.371 bits per heavy atom. The minimum absolute atomic E-state index is 0. The summed E-state index contributed by atoms with van der Waals surface area (Å²) in [6.07, 6.45) is 5.56. The molecular weight excluding hydrogens is 1020 g/mol. The first kappa shape index (κ1) is 44.0. The number of pyridine rings is 2. The molecule has 0 aliphatic heterocycles. The summed E-state index contributed by atoms with van der Waals surface area (Å²) in [5, 5.41) is 0. The monoisotopic (exact) mass is 1080 g/mol. The molecule has 2 heterocycles. The van der Waals surface area contributed by atoms with Crippen LogP contribution in [0.15, 0.2) is 207 Å². The fourth-order valence-corrected chi connectivity index (χ4v) is 12.4. The topological polar surface area (TPSA) is 25.8 Å². The van der Waals surface area contributed by atoms with E-state index < -0.39 is 0 Å². The summed E-state index contributed by atoms with van der Waals surface area (Å²) in [5.74, 6) is 0. The van der Waals surface area contributed by atoms with Gasteiger partial charge in [0.15, 0.2) is 0 Å². The van der Waals surface area contributed by atoms with Gasteiger partial charge < -0.3 is 9.97 Å². The number of nitrogens with zero attached hydrogens (tertiary/aromatic N) is 2. The molecule has 0 saturated carbocycles. The van der Waals surface area contributed by atoms with Crippen LogP contribution in [0.3, 0.4) is 0 Å². The largest absolute Gasteiger partial charge is 0.305 e. The van der Waals surface area contributed by atoms with Crippen molar-refractivity contribution in [3.63, 3.8) is 0 Å². The molecule has 0 amide bonds. The molecule has 0 atom stereocenters. The van der Waals surface area contributed by atoms with Crippen LogP contribution in [0.4, 0.5) is 0 Å². The van der Waals surface area contributed by atoms with Crippen molar-refractivity contribution in [1.29, 1.82) is 0 Å². The van der Waals surface area contributed by atoms with E-state index in [9.17, 15) is 0 Å². The maximum absolute atomic E-state index is 4.69. The smallest absolute Gasteiger partial charge is 0.0201 e. The van der Waals surface area contributed by atoms with Crippen molar-refractivity contribution < 1.29 is 20.1 Å². The molecule has 10 aromatic rings. The van der Waals surface area contributed by atoms with Crippen molar-refractivity contribution in [2.45, 2.75) is 56.8 Å². The summed E-state index contributed by atoms with van der Waals surface area (Å²) in [6.45, 7) is 9.50. The Kier molecular flexibility index (Phi) is 10.5. The number of hydrogen-bond acceptors (Lipinski definition) is 2. The van der Waals surface area contributed by atoms with Gasteiger partial charge >= 0.3 is 0 Å². The average molecular weight is 1080 g/mol.